The number of hydrogen-bond donors (Lipinski definition) is 9. The molecule has 8 atom stereocenters. The third-order valence-corrected chi connectivity index (χ3v) is 10.3. The van der Waals surface area contributed by atoms with E-state index in [-0.39, 0.29) is 6.42 Å². The molecule has 13 nitrogen and oxygen atoms in total. The summed E-state index contributed by atoms with van der Waals surface area (Å²) in [4.78, 5) is 23.2. The van der Waals surface area contributed by atoms with E-state index in [4.69, 9.17) is 9.05 Å². The summed E-state index contributed by atoms with van der Waals surface area (Å²) in [5, 5.41) is 73.8. The fourth-order valence-corrected chi connectivity index (χ4v) is 6.99. The normalized spacial score (nSPS) is 25.6. The molecule has 1 fully saturated rings. The van der Waals surface area contributed by atoms with Gasteiger partial charge in [-0.15, -0.1) is 0 Å². The van der Waals surface area contributed by atoms with Crippen LogP contribution >= 0.6 is 7.82 Å². The maximum absolute atomic E-state index is 12.8. The summed E-state index contributed by atoms with van der Waals surface area (Å²) in [7, 11) is -5.13. The molecule has 14 heteroatoms. The van der Waals surface area contributed by atoms with E-state index in [1.165, 1.54) is 63.9 Å². The van der Waals surface area contributed by atoms with Crippen molar-refractivity contribution in [3.05, 3.63) is 24.3 Å². The van der Waals surface area contributed by atoms with E-state index in [1.807, 2.05) is 0 Å². The molecule has 0 radical (unpaired) electrons. The third-order valence-electron chi connectivity index (χ3n) is 9.29. The number of amides is 1. The molecule has 1 saturated carbocycles. The first-order chi connectivity index (χ1) is 24.3. The smallest absolute Gasteiger partial charge is 0.393 e. The Morgan fingerprint density at radius 3 is 1.73 bits per heavy atom. The van der Waals surface area contributed by atoms with Crippen molar-refractivity contribution in [3.8, 4) is 0 Å². The van der Waals surface area contributed by atoms with Gasteiger partial charge in [0.1, 0.15) is 36.6 Å². The summed E-state index contributed by atoms with van der Waals surface area (Å²) in [5.41, 5.74) is 0. The predicted octanol–water partition coefficient (Wildman–Crippen LogP) is 4.47. The van der Waals surface area contributed by atoms with Crippen LogP contribution in [0.5, 0.6) is 0 Å². The second-order valence-corrected chi connectivity index (χ2v) is 15.4. The van der Waals surface area contributed by atoms with Gasteiger partial charge in [0.15, 0.2) is 0 Å². The Morgan fingerprint density at radius 2 is 1.16 bits per heavy atom. The molecule has 1 amide bonds. The van der Waals surface area contributed by atoms with Gasteiger partial charge in [0, 0.05) is 0 Å². The molecule has 9 N–H and O–H groups in total. The zero-order valence-electron chi connectivity index (χ0n) is 31.0. The van der Waals surface area contributed by atoms with Crippen LogP contribution in [-0.4, -0.2) is 108 Å². The minimum atomic E-state index is -5.13. The number of unbranched alkanes of at least 4 members (excludes halogenated alkanes) is 15. The maximum atomic E-state index is 12.8. The van der Waals surface area contributed by atoms with Crippen LogP contribution in [0, 0.1) is 0 Å². The number of carbonyl (C=O) groups excluding carboxylic acids is 1. The van der Waals surface area contributed by atoms with Crippen LogP contribution in [0.1, 0.15) is 142 Å². The SMILES string of the molecule is CCCCCCCCCC/C=C/CC/C=C/C(O)C(COP(=O)(O)OC1C(O)C(O)C(O)C(O)C1O)NC(=O)CC(O)CCCCCCCCC. The molecular weight excluding hydrogens is 681 g/mol. The Bertz CT molecular complexity index is 985. The highest BCUT2D eigenvalue weighted by Crippen LogP contribution is 2.47. The van der Waals surface area contributed by atoms with Crippen molar-refractivity contribution in [2.24, 2.45) is 0 Å². The number of rotatable bonds is 30. The fourth-order valence-electron chi connectivity index (χ4n) is 6.02. The summed E-state index contributed by atoms with van der Waals surface area (Å²) >= 11 is 0. The van der Waals surface area contributed by atoms with Crippen molar-refractivity contribution in [1.29, 1.82) is 0 Å². The van der Waals surface area contributed by atoms with Crippen LogP contribution < -0.4 is 5.32 Å². The highest BCUT2D eigenvalue weighted by atomic mass is 31.2. The lowest BCUT2D eigenvalue weighted by Crippen LogP contribution is -2.64. The van der Waals surface area contributed by atoms with Gasteiger partial charge in [0.2, 0.25) is 5.91 Å². The monoisotopic (exact) mass is 751 g/mol. The molecule has 300 valence electrons. The topological polar surface area (TPSA) is 226 Å². The van der Waals surface area contributed by atoms with E-state index in [0.29, 0.717) is 12.8 Å². The van der Waals surface area contributed by atoms with Crippen LogP contribution in [-0.2, 0) is 18.4 Å². The molecule has 0 aromatic carbocycles. The van der Waals surface area contributed by atoms with Crippen LogP contribution in [0.2, 0.25) is 0 Å². The van der Waals surface area contributed by atoms with Crippen molar-refractivity contribution in [2.75, 3.05) is 6.61 Å². The zero-order valence-corrected chi connectivity index (χ0v) is 31.9. The fraction of sp³-hybridized carbons (Fsp3) is 0.865. The molecular formula is C37H70NO12P. The number of carbonyl (C=O) groups is 1. The first-order valence-corrected chi connectivity index (χ1v) is 20.9. The molecule has 1 rings (SSSR count). The molecule has 0 aromatic rings. The Hall–Kier alpha value is -1.22. The molecule has 1 aliphatic rings. The van der Waals surface area contributed by atoms with Gasteiger partial charge in [-0.3, -0.25) is 13.8 Å². The van der Waals surface area contributed by atoms with Crippen LogP contribution in [0.4, 0.5) is 0 Å². The first kappa shape index (κ1) is 47.8. The van der Waals surface area contributed by atoms with E-state index >= 15 is 0 Å². The minimum Gasteiger partial charge on any atom is -0.393 e. The second kappa shape index (κ2) is 28.3. The average Bonchev–Trinajstić information content (AvgIpc) is 3.09. The van der Waals surface area contributed by atoms with Gasteiger partial charge in [-0.1, -0.05) is 128 Å². The molecule has 0 heterocycles. The summed E-state index contributed by atoms with van der Waals surface area (Å²) < 4.78 is 22.7. The lowest BCUT2D eigenvalue weighted by molar-refractivity contribution is -0.220. The number of aliphatic hydroxyl groups excluding tert-OH is 7. The second-order valence-electron chi connectivity index (χ2n) is 14.0. The van der Waals surface area contributed by atoms with Crippen molar-refractivity contribution in [3.63, 3.8) is 0 Å². The Morgan fingerprint density at radius 1 is 0.686 bits per heavy atom. The van der Waals surface area contributed by atoms with Crippen molar-refractivity contribution >= 4 is 13.7 Å². The largest absolute Gasteiger partial charge is 0.472 e. The van der Waals surface area contributed by atoms with E-state index in [2.05, 4.69) is 31.3 Å². The predicted molar refractivity (Wildman–Crippen MR) is 197 cm³/mol. The molecule has 0 aliphatic heterocycles. The van der Waals surface area contributed by atoms with Crippen molar-refractivity contribution in [1.82, 2.24) is 5.32 Å². The van der Waals surface area contributed by atoms with Gasteiger partial charge >= 0.3 is 7.82 Å². The average molecular weight is 752 g/mol. The number of phosphoric ester groups is 1. The number of allylic oxidation sites excluding steroid dienone is 3. The van der Waals surface area contributed by atoms with Crippen LogP contribution in [0.3, 0.4) is 0 Å². The number of hydrogen-bond acceptors (Lipinski definition) is 11. The number of nitrogens with one attached hydrogen (secondary N) is 1. The molecule has 0 saturated heterocycles. The third kappa shape index (κ3) is 21.3. The lowest BCUT2D eigenvalue weighted by atomic mass is 9.85. The Kier molecular flexibility index (Phi) is 26.5. The first-order valence-electron chi connectivity index (χ1n) is 19.4. The Labute approximate surface area is 305 Å². The van der Waals surface area contributed by atoms with Gasteiger partial charge in [0.05, 0.1) is 31.3 Å². The van der Waals surface area contributed by atoms with E-state index in [1.54, 1.807) is 6.08 Å². The zero-order chi connectivity index (χ0) is 38.1. The number of phosphoric acid groups is 1. The molecule has 1 aliphatic carbocycles. The molecule has 0 bridgehead atoms. The molecule has 0 spiro atoms. The van der Waals surface area contributed by atoms with Gasteiger partial charge < -0.3 is 46.0 Å². The molecule has 0 aromatic heterocycles. The summed E-state index contributed by atoms with van der Waals surface area (Å²) in [5.74, 6) is -0.609. The number of aliphatic hydroxyl groups is 7. The summed E-state index contributed by atoms with van der Waals surface area (Å²) in [6, 6.07) is -1.25. The van der Waals surface area contributed by atoms with E-state index in [0.717, 1.165) is 51.4 Å². The van der Waals surface area contributed by atoms with E-state index < -0.39 is 75.2 Å². The van der Waals surface area contributed by atoms with Gasteiger partial charge in [0.25, 0.3) is 0 Å². The Balaban J connectivity index is 2.70. The standard InChI is InChI=1S/C37H70NO12P/c1-3-5-7-9-11-12-13-14-15-16-17-19-21-23-25-30(40)29(38-31(41)26-28(39)24-22-20-18-10-8-6-4-2)27-49-51(47,48)50-37-35(45)33(43)32(42)34(44)36(37)46/h16-17,23,25,28-30,32-37,39-40,42-46H,3-15,18-22,24,26-27H2,1-2H3,(H,38,41)(H,47,48)/b17-16+,25-23+. The molecule has 8 unspecified atom stereocenters. The van der Waals surface area contributed by atoms with Gasteiger partial charge in [-0.05, 0) is 32.1 Å². The van der Waals surface area contributed by atoms with Crippen LogP contribution in [0.25, 0.3) is 0 Å². The molecule has 51 heavy (non-hydrogen) atoms. The quantitative estimate of drug-likeness (QED) is 0.0282. The highest BCUT2D eigenvalue weighted by molar-refractivity contribution is 7.47. The van der Waals surface area contributed by atoms with Gasteiger partial charge in [-0.25, -0.2) is 4.57 Å². The summed E-state index contributed by atoms with van der Waals surface area (Å²) in [6.45, 7) is 3.62. The summed E-state index contributed by atoms with van der Waals surface area (Å²) in [6.07, 6.45) is 13.2. The minimum absolute atomic E-state index is 0.252. The van der Waals surface area contributed by atoms with Crippen LogP contribution in [0.15, 0.2) is 24.3 Å². The van der Waals surface area contributed by atoms with Crippen molar-refractivity contribution < 1.29 is 59.0 Å². The van der Waals surface area contributed by atoms with Gasteiger partial charge in [-0.2, -0.15) is 0 Å². The lowest BCUT2D eigenvalue weighted by Gasteiger charge is -2.41. The van der Waals surface area contributed by atoms with Crippen molar-refractivity contribution in [2.45, 2.75) is 197 Å². The maximum Gasteiger partial charge on any atom is 0.472 e. The van der Waals surface area contributed by atoms with E-state index in [9.17, 15) is 50.0 Å². The highest BCUT2D eigenvalue weighted by Gasteiger charge is 2.51.